The molecule has 1 N–H and O–H groups in total. The topological polar surface area (TPSA) is 40.5 Å². The van der Waals surface area contributed by atoms with Gasteiger partial charge >= 0.3 is 0 Å². The van der Waals surface area contributed by atoms with Crippen LogP contribution in [0.4, 0.5) is 10.1 Å². The number of aliphatic hydroxyl groups is 1. The predicted molar refractivity (Wildman–Crippen MR) is 61.4 cm³/mol. The van der Waals surface area contributed by atoms with E-state index in [0.29, 0.717) is 5.69 Å². The number of likely N-dealkylation sites (N-methyl/N-ethyl adjacent to an activating group) is 1. The Labute approximate surface area is 94.5 Å². The van der Waals surface area contributed by atoms with E-state index in [1.165, 1.54) is 13.0 Å². The van der Waals surface area contributed by atoms with Crippen LogP contribution in [0.2, 0.25) is 0 Å². The van der Waals surface area contributed by atoms with Crippen molar-refractivity contribution in [3.05, 3.63) is 29.6 Å². The monoisotopic (exact) mass is 225 g/mol. The van der Waals surface area contributed by atoms with Crippen molar-refractivity contribution in [2.24, 2.45) is 0 Å². The second-order valence-corrected chi connectivity index (χ2v) is 3.83. The second-order valence-electron chi connectivity index (χ2n) is 3.83. The second kappa shape index (κ2) is 5.07. The molecule has 1 aromatic rings. The zero-order chi connectivity index (χ0) is 12.3. The van der Waals surface area contributed by atoms with Gasteiger partial charge in [-0.25, -0.2) is 4.39 Å². The Morgan fingerprint density at radius 2 is 2.19 bits per heavy atom. The number of nitrogens with zero attached hydrogens (tertiary/aromatic N) is 1. The SMILES string of the molecule is CC(=O)c1c(F)cccc1N(C)C(C)CO. The van der Waals surface area contributed by atoms with E-state index in [4.69, 9.17) is 5.11 Å². The molecule has 0 aliphatic rings. The maximum atomic E-state index is 13.5. The van der Waals surface area contributed by atoms with Crippen LogP contribution in [0.1, 0.15) is 24.2 Å². The molecule has 0 aliphatic heterocycles. The van der Waals surface area contributed by atoms with Gasteiger partial charge in [-0.2, -0.15) is 0 Å². The molecule has 1 atom stereocenters. The van der Waals surface area contributed by atoms with Crippen LogP contribution in [-0.2, 0) is 0 Å². The van der Waals surface area contributed by atoms with Crippen LogP contribution in [-0.4, -0.2) is 30.6 Å². The van der Waals surface area contributed by atoms with E-state index in [-0.39, 0.29) is 24.0 Å². The maximum absolute atomic E-state index is 13.5. The van der Waals surface area contributed by atoms with Gasteiger partial charge in [0.25, 0.3) is 0 Å². The molecular weight excluding hydrogens is 209 g/mol. The zero-order valence-corrected chi connectivity index (χ0v) is 9.70. The van der Waals surface area contributed by atoms with Crippen LogP contribution >= 0.6 is 0 Å². The molecule has 0 aliphatic carbocycles. The first-order valence-electron chi connectivity index (χ1n) is 5.12. The van der Waals surface area contributed by atoms with Gasteiger partial charge < -0.3 is 10.0 Å². The van der Waals surface area contributed by atoms with Crippen LogP contribution in [0.25, 0.3) is 0 Å². The Kier molecular flexibility index (Phi) is 4.01. The van der Waals surface area contributed by atoms with Crippen molar-refractivity contribution in [1.29, 1.82) is 0 Å². The molecule has 88 valence electrons. The molecule has 4 heteroatoms. The molecule has 0 spiro atoms. The van der Waals surface area contributed by atoms with Crippen molar-refractivity contribution in [2.45, 2.75) is 19.9 Å². The molecule has 0 aromatic heterocycles. The van der Waals surface area contributed by atoms with Gasteiger partial charge in [0.15, 0.2) is 5.78 Å². The quantitative estimate of drug-likeness (QED) is 0.795. The van der Waals surface area contributed by atoms with Crippen LogP contribution in [0.3, 0.4) is 0 Å². The number of Topliss-reactive ketones (excluding diaryl/α,β-unsaturated/α-hetero) is 1. The largest absolute Gasteiger partial charge is 0.394 e. The number of aliphatic hydroxyl groups excluding tert-OH is 1. The number of hydrogen-bond acceptors (Lipinski definition) is 3. The summed E-state index contributed by atoms with van der Waals surface area (Å²) in [5.41, 5.74) is 0.583. The van der Waals surface area contributed by atoms with Crippen molar-refractivity contribution in [3.63, 3.8) is 0 Å². The Hall–Kier alpha value is -1.42. The fraction of sp³-hybridized carbons (Fsp3) is 0.417. The summed E-state index contributed by atoms with van der Waals surface area (Å²) in [6.45, 7) is 3.08. The van der Waals surface area contributed by atoms with Crippen molar-refractivity contribution in [2.75, 3.05) is 18.6 Å². The average molecular weight is 225 g/mol. The van der Waals surface area contributed by atoms with Crippen LogP contribution in [0.5, 0.6) is 0 Å². The van der Waals surface area contributed by atoms with Crippen LogP contribution in [0.15, 0.2) is 18.2 Å². The molecule has 1 rings (SSSR count). The van der Waals surface area contributed by atoms with Gasteiger partial charge in [0, 0.05) is 13.1 Å². The smallest absolute Gasteiger partial charge is 0.164 e. The third kappa shape index (κ3) is 2.39. The Bertz CT molecular complexity index is 393. The van der Waals surface area contributed by atoms with E-state index in [1.807, 2.05) is 0 Å². The molecule has 3 nitrogen and oxygen atoms in total. The van der Waals surface area contributed by atoms with Gasteiger partial charge in [0.2, 0.25) is 0 Å². The number of anilines is 1. The molecule has 0 saturated carbocycles. The van der Waals surface area contributed by atoms with Crippen molar-refractivity contribution in [1.82, 2.24) is 0 Å². The zero-order valence-electron chi connectivity index (χ0n) is 9.70. The summed E-state index contributed by atoms with van der Waals surface area (Å²) >= 11 is 0. The molecule has 0 bridgehead atoms. The van der Waals surface area contributed by atoms with E-state index in [2.05, 4.69) is 0 Å². The minimum absolute atomic E-state index is 0.0512. The Balaban J connectivity index is 3.22. The van der Waals surface area contributed by atoms with Crippen molar-refractivity contribution < 1.29 is 14.3 Å². The highest BCUT2D eigenvalue weighted by molar-refractivity contribution is 6.00. The summed E-state index contributed by atoms with van der Waals surface area (Å²) < 4.78 is 13.5. The number of carbonyl (C=O) groups is 1. The van der Waals surface area contributed by atoms with Gasteiger partial charge in [-0.1, -0.05) is 6.07 Å². The van der Waals surface area contributed by atoms with E-state index < -0.39 is 5.82 Å². The maximum Gasteiger partial charge on any atom is 0.164 e. The number of benzene rings is 1. The van der Waals surface area contributed by atoms with Gasteiger partial charge in [-0.3, -0.25) is 4.79 Å². The minimum Gasteiger partial charge on any atom is -0.394 e. The normalized spacial score (nSPS) is 12.3. The summed E-state index contributed by atoms with van der Waals surface area (Å²) in [6.07, 6.45) is 0. The average Bonchev–Trinajstić information content (AvgIpc) is 2.26. The number of rotatable bonds is 4. The van der Waals surface area contributed by atoms with E-state index in [0.717, 1.165) is 0 Å². The third-order valence-corrected chi connectivity index (χ3v) is 2.65. The molecule has 1 aromatic carbocycles. The highest BCUT2D eigenvalue weighted by Crippen LogP contribution is 2.24. The van der Waals surface area contributed by atoms with Gasteiger partial charge in [-0.15, -0.1) is 0 Å². The molecule has 0 amide bonds. The Morgan fingerprint density at radius 3 is 2.69 bits per heavy atom. The predicted octanol–water partition coefficient (Wildman–Crippen LogP) is 1.85. The lowest BCUT2D eigenvalue weighted by Gasteiger charge is -2.27. The number of hydrogen-bond donors (Lipinski definition) is 1. The lowest BCUT2D eigenvalue weighted by atomic mass is 10.1. The summed E-state index contributed by atoms with van der Waals surface area (Å²) in [4.78, 5) is 13.1. The van der Waals surface area contributed by atoms with E-state index in [9.17, 15) is 9.18 Å². The summed E-state index contributed by atoms with van der Waals surface area (Å²) in [5, 5.41) is 9.04. The van der Waals surface area contributed by atoms with Crippen LogP contribution < -0.4 is 4.90 Å². The number of carbonyl (C=O) groups excluding carboxylic acids is 1. The highest BCUT2D eigenvalue weighted by Gasteiger charge is 2.18. The van der Waals surface area contributed by atoms with E-state index >= 15 is 0 Å². The van der Waals surface area contributed by atoms with Gasteiger partial charge in [0.05, 0.1) is 17.9 Å². The minimum atomic E-state index is -0.526. The van der Waals surface area contributed by atoms with Crippen molar-refractivity contribution >= 4 is 11.5 Å². The highest BCUT2D eigenvalue weighted by atomic mass is 19.1. The molecule has 1 unspecified atom stereocenters. The fourth-order valence-corrected chi connectivity index (χ4v) is 1.52. The lowest BCUT2D eigenvalue weighted by Crippen LogP contribution is -2.33. The van der Waals surface area contributed by atoms with E-state index in [1.54, 1.807) is 31.0 Å². The first kappa shape index (κ1) is 12.6. The summed E-state index contributed by atoms with van der Waals surface area (Å²) in [5.74, 6) is -0.841. The lowest BCUT2D eigenvalue weighted by molar-refractivity contribution is 0.101. The molecule has 0 fully saturated rings. The molecular formula is C12H16FNO2. The van der Waals surface area contributed by atoms with Crippen molar-refractivity contribution in [3.8, 4) is 0 Å². The standard InChI is InChI=1S/C12H16FNO2/c1-8(7-15)14(3)11-6-4-5-10(13)12(11)9(2)16/h4-6,8,15H,7H2,1-3H3. The summed E-state index contributed by atoms with van der Waals surface area (Å²) in [6, 6.07) is 4.32. The van der Waals surface area contributed by atoms with Gasteiger partial charge in [-0.05, 0) is 26.0 Å². The Morgan fingerprint density at radius 1 is 1.56 bits per heavy atom. The molecule has 0 saturated heterocycles. The first-order chi connectivity index (χ1) is 7.49. The van der Waals surface area contributed by atoms with Gasteiger partial charge in [0.1, 0.15) is 5.82 Å². The first-order valence-corrected chi connectivity index (χ1v) is 5.12. The fourth-order valence-electron chi connectivity index (χ4n) is 1.52. The third-order valence-electron chi connectivity index (χ3n) is 2.65. The number of halogens is 1. The molecule has 16 heavy (non-hydrogen) atoms. The van der Waals surface area contributed by atoms with Crippen LogP contribution in [0, 0.1) is 5.82 Å². The number of ketones is 1. The molecule has 0 heterocycles. The molecule has 0 radical (unpaired) electrons. The summed E-state index contributed by atoms with van der Waals surface area (Å²) in [7, 11) is 1.72.